The fraction of sp³-hybridized carbons (Fsp3) is 0.333. The van der Waals surface area contributed by atoms with E-state index in [1.807, 2.05) is 6.07 Å². The van der Waals surface area contributed by atoms with E-state index < -0.39 is 0 Å². The van der Waals surface area contributed by atoms with Crippen LogP contribution in [-0.4, -0.2) is 17.4 Å². The Morgan fingerprint density at radius 2 is 2.11 bits per heavy atom. The molecule has 0 aliphatic carbocycles. The van der Waals surface area contributed by atoms with Crippen LogP contribution in [0.25, 0.3) is 10.9 Å². The Kier molecular flexibility index (Phi) is 2.54. The first kappa shape index (κ1) is 11.2. The lowest BCUT2D eigenvalue weighted by molar-refractivity contribution is -0.121. The minimum atomic E-state index is 0.0920. The Bertz CT molecular complexity index is 632. The summed E-state index contributed by atoms with van der Waals surface area (Å²) in [7, 11) is 0. The highest BCUT2D eigenvalue weighted by molar-refractivity contribution is 5.87. The number of aromatic nitrogens is 1. The third-order valence-electron chi connectivity index (χ3n) is 3.30. The van der Waals surface area contributed by atoms with Crippen molar-refractivity contribution in [2.24, 2.45) is 0 Å². The molecule has 2 heterocycles. The number of ketones is 1. The van der Waals surface area contributed by atoms with Gasteiger partial charge in [0.2, 0.25) is 0 Å². The van der Waals surface area contributed by atoms with Gasteiger partial charge in [-0.05, 0) is 23.6 Å². The summed E-state index contributed by atoms with van der Waals surface area (Å²) in [5, 5.41) is 1.06. The summed E-state index contributed by atoms with van der Waals surface area (Å²) in [6.07, 6.45) is 0.386. The summed E-state index contributed by atoms with van der Waals surface area (Å²) in [6.45, 7) is 4.49. The molecule has 0 saturated carbocycles. The van der Waals surface area contributed by atoms with Gasteiger partial charge in [0.1, 0.15) is 12.4 Å². The topological polar surface area (TPSA) is 39.2 Å². The zero-order valence-electron chi connectivity index (χ0n) is 10.6. The molecule has 1 aromatic carbocycles. The van der Waals surface area contributed by atoms with E-state index in [1.165, 1.54) is 5.56 Å². The largest absolute Gasteiger partial charge is 0.484 e. The molecule has 18 heavy (non-hydrogen) atoms. The lowest BCUT2D eigenvalue weighted by Gasteiger charge is -2.16. The second-order valence-corrected chi connectivity index (χ2v) is 5.04. The molecule has 2 aromatic rings. The van der Waals surface area contributed by atoms with E-state index in [-0.39, 0.29) is 12.4 Å². The van der Waals surface area contributed by atoms with Gasteiger partial charge in [0.15, 0.2) is 5.78 Å². The van der Waals surface area contributed by atoms with E-state index in [9.17, 15) is 4.79 Å². The van der Waals surface area contributed by atoms with Gasteiger partial charge in [-0.2, -0.15) is 0 Å². The number of ether oxygens (including phenoxy) is 1. The lowest BCUT2D eigenvalue weighted by Crippen LogP contribution is -2.21. The monoisotopic (exact) mass is 241 g/mol. The van der Waals surface area contributed by atoms with E-state index in [0.29, 0.717) is 12.3 Å². The average molecular weight is 241 g/mol. The summed E-state index contributed by atoms with van der Waals surface area (Å²) in [5.41, 5.74) is 2.97. The van der Waals surface area contributed by atoms with Crippen LogP contribution in [0.1, 0.15) is 31.0 Å². The van der Waals surface area contributed by atoms with Gasteiger partial charge in [-0.25, -0.2) is 4.98 Å². The molecule has 0 radical (unpaired) electrons. The van der Waals surface area contributed by atoms with Crippen LogP contribution in [0.5, 0.6) is 5.75 Å². The Morgan fingerprint density at radius 1 is 1.28 bits per heavy atom. The number of carbonyl (C=O) groups is 1. The maximum Gasteiger partial charge on any atom is 0.176 e. The maximum absolute atomic E-state index is 11.4. The molecule has 3 rings (SSSR count). The molecular formula is C15H15NO2. The number of benzene rings is 1. The van der Waals surface area contributed by atoms with Crippen molar-refractivity contribution in [1.29, 1.82) is 0 Å². The summed E-state index contributed by atoms with van der Waals surface area (Å²) in [6, 6.07) is 8.26. The highest BCUT2D eigenvalue weighted by Gasteiger charge is 2.18. The van der Waals surface area contributed by atoms with Gasteiger partial charge in [0, 0.05) is 5.39 Å². The number of pyridine rings is 1. The van der Waals surface area contributed by atoms with Gasteiger partial charge >= 0.3 is 0 Å². The molecule has 0 spiro atoms. The van der Waals surface area contributed by atoms with Crippen LogP contribution in [0, 0.1) is 0 Å². The SMILES string of the molecule is CC(C)c1ccc2cc3c(nc2c1)CC(=O)CO3. The summed E-state index contributed by atoms with van der Waals surface area (Å²) >= 11 is 0. The fourth-order valence-corrected chi connectivity index (χ4v) is 2.21. The third kappa shape index (κ3) is 1.86. The molecule has 0 unspecified atom stereocenters. The molecule has 0 fully saturated rings. The minimum absolute atomic E-state index is 0.0920. The number of rotatable bonds is 1. The first-order valence-corrected chi connectivity index (χ1v) is 6.21. The first-order valence-electron chi connectivity index (χ1n) is 6.21. The van der Waals surface area contributed by atoms with E-state index in [2.05, 4.69) is 37.0 Å². The van der Waals surface area contributed by atoms with Gasteiger partial charge in [-0.1, -0.05) is 26.0 Å². The Labute approximate surface area is 106 Å². The van der Waals surface area contributed by atoms with Gasteiger partial charge < -0.3 is 4.74 Å². The van der Waals surface area contributed by atoms with Crippen LogP contribution in [-0.2, 0) is 11.2 Å². The lowest BCUT2D eigenvalue weighted by atomic mass is 10.0. The van der Waals surface area contributed by atoms with Crippen molar-refractivity contribution < 1.29 is 9.53 Å². The van der Waals surface area contributed by atoms with Crippen LogP contribution in [0.4, 0.5) is 0 Å². The minimum Gasteiger partial charge on any atom is -0.484 e. The van der Waals surface area contributed by atoms with Crippen molar-refractivity contribution in [1.82, 2.24) is 4.98 Å². The summed E-state index contributed by atoms with van der Waals surface area (Å²) in [5.74, 6) is 1.32. The van der Waals surface area contributed by atoms with Crippen LogP contribution in [0.2, 0.25) is 0 Å². The first-order chi connectivity index (χ1) is 8.63. The Hall–Kier alpha value is -1.90. The van der Waals surface area contributed by atoms with E-state index in [1.54, 1.807) is 0 Å². The molecule has 0 N–H and O–H groups in total. The van der Waals surface area contributed by atoms with Crippen molar-refractivity contribution >= 4 is 16.7 Å². The second-order valence-electron chi connectivity index (χ2n) is 5.04. The molecule has 0 amide bonds. The molecule has 92 valence electrons. The number of Topliss-reactive ketones (excluding diaryl/α,β-unsaturated/α-hetero) is 1. The van der Waals surface area contributed by atoms with Crippen molar-refractivity contribution in [3.63, 3.8) is 0 Å². The highest BCUT2D eigenvalue weighted by atomic mass is 16.5. The Morgan fingerprint density at radius 3 is 2.89 bits per heavy atom. The molecule has 0 bridgehead atoms. The molecule has 3 heteroatoms. The molecule has 1 aliphatic heterocycles. The van der Waals surface area contributed by atoms with Gasteiger partial charge in [-0.15, -0.1) is 0 Å². The standard InChI is InChI=1S/C15H15NO2/c1-9(2)10-3-4-11-6-15-14(16-13(11)5-10)7-12(17)8-18-15/h3-6,9H,7-8H2,1-2H3. The normalized spacial score (nSPS) is 14.7. The van der Waals surface area contributed by atoms with E-state index >= 15 is 0 Å². The number of nitrogens with zero attached hydrogens (tertiary/aromatic N) is 1. The fourth-order valence-electron chi connectivity index (χ4n) is 2.21. The van der Waals surface area contributed by atoms with E-state index in [4.69, 9.17) is 4.74 Å². The quantitative estimate of drug-likeness (QED) is 0.770. The molecule has 0 atom stereocenters. The predicted molar refractivity (Wildman–Crippen MR) is 70.0 cm³/mol. The zero-order valence-corrected chi connectivity index (χ0v) is 10.6. The Balaban J connectivity index is 2.16. The van der Waals surface area contributed by atoms with Crippen molar-refractivity contribution in [2.45, 2.75) is 26.2 Å². The van der Waals surface area contributed by atoms with Crippen molar-refractivity contribution in [2.75, 3.05) is 6.61 Å². The highest BCUT2D eigenvalue weighted by Crippen LogP contribution is 2.28. The molecule has 3 nitrogen and oxygen atoms in total. The zero-order chi connectivity index (χ0) is 12.7. The predicted octanol–water partition coefficient (Wildman–Crippen LogP) is 2.86. The number of hydrogen-bond acceptors (Lipinski definition) is 3. The molecule has 1 aliphatic rings. The van der Waals surface area contributed by atoms with Crippen LogP contribution < -0.4 is 4.74 Å². The van der Waals surface area contributed by atoms with Gasteiger partial charge in [-0.3, -0.25) is 4.79 Å². The smallest absolute Gasteiger partial charge is 0.176 e. The third-order valence-corrected chi connectivity index (χ3v) is 3.30. The molecular weight excluding hydrogens is 226 g/mol. The van der Waals surface area contributed by atoms with Crippen molar-refractivity contribution in [3.05, 3.63) is 35.5 Å². The number of fused-ring (bicyclic) bond motifs is 2. The van der Waals surface area contributed by atoms with Crippen molar-refractivity contribution in [3.8, 4) is 5.75 Å². The van der Waals surface area contributed by atoms with Crippen LogP contribution >= 0.6 is 0 Å². The van der Waals surface area contributed by atoms with Gasteiger partial charge in [0.05, 0.1) is 17.6 Å². The number of carbonyl (C=O) groups excluding carboxylic acids is 1. The summed E-state index contributed by atoms with van der Waals surface area (Å²) in [4.78, 5) is 15.9. The number of hydrogen-bond donors (Lipinski definition) is 0. The summed E-state index contributed by atoms with van der Waals surface area (Å²) < 4.78 is 5.41. The van der Waals surface area contributed by atoms with Crippen LogP contribution in [0.3, 0.4) is 0 Å². The molecule has 1 aromatic heterocycles. The van der Waals surface area contributed by atoms with Crippen LogP contribution in [0.15, 0.2) is 24.3 Å². The maximum atomic E-state index is 11.4. The van der Waals surface area contributed by atoms with Gasteiger partial charge in [0.25, 0.3) is 0 Å². The second kappa shape index (κ2) is 4.09. The van der Waals surface area contributed by atoms with E-state index in [0.717, 1.165) is 22.3 Å². The average Bonchev–Trinajstić information content (AvgIpc) is 2.35. The molecule has 0 saturated heterocycles.